The van der Waals surface area contributed by atoms with Gasteiger partial charge in [-0.3, -0.25) is 0 Å². The minimum absolute atomic E-state index is 0.262. The number of fused-ring (bicyclic) bond motifs is 1. The summed E-state index contributed by atoms with van der Waals surface area (Å²) in [5.74, 6) is 2.30. The average molecular weight is 316 g/mol. The zero-order chi connectivity index (χ0) is 17.0. The number of aromatic nitrogens is 1. The Bertz CT molecular complexity index is 826. The summed E-state index contributed by atoms with van der Waals surface area (Å²) in [5, 5.41) is 16.5. The number of H-pyrrole nitrogens is 1. The van der Waals surface area contributed by atoms with Crippen LogP contribution in [0.5, 0.6) is 0 Å². The fourth-order valence-electron chi connectivity index (χ4n) is 2.55. The molecule has 5 nitrogen and oxygen atoms in total. The van der Waals surface area contributed by atoms with Crippen molar-refractivity contribution in [1.82, 2.24) is 4.98 Å². The van der Waals surface area contributed by atoms with Crippen LogP contribution in [0.1, 0.15) is 27.2 Å². The van der Waals surface area contributed by atoms with Crippen molar-refractivity contribution < 1.29 is 19.5 Å². The van der Waals surface area contributed by atoms with E-state index in [1.54, 1.807) is 30.3 Å². The second kappa shape index (κ2) is 7.04. The lowest BCUT2D eigenvalue weighted by atomic mass is 10.0. The van der Waals surface area contributed by atoms with E-state index >= 15 is 0 Å². The van der Waals surface area contributed by atoms with Crippen LogP contribution in [0.3, 0.4) is 0 Å². The molecule has 0 saturated carbocycles. The number of carbonyl (C=O) groups is 1. The molecule has 6 heteroatoms. The molecule has 0 fully saturated rings. The van der Waals surface area contributed by atoms with Crippen molar-refractivity contribution in [1.29, 1.82) is 0 Å². The van der Waals surface area contributed by atoms with Crippen LogP contribution in [0.2, 0.25) is 0 Å². The Morgan fingerprint density at radius 1 is 1.17 bits per heavy atom. The highest BCUT2D eigenvalue weighted by Crippen LogP contribution is 2.26. The zero-order valence-electron chi connectivity index (χ0n) is 12.5. The first kappa shape index (κ1) is 16.7. The average Bonchev–Trinajstić information content (AvgIpc) is 2.86. The molecular formula is C17H17FN2O3. The van der Waals surface area contributed by atoms with E-state index in [1.165, 1.54) is 12.1 Å². The maximum atomic E-state index is 13.0. The number of aromatic carboxylic acids is 1. The highest BCUT2D eigenvalue weighted by molar-refractivity contribution is 5.95. The zero-order valence-corrected chi connectivity index (χ0v) is 12.5. The number of halogens is 1. The molecule has 0 aliphatic carbocycles. The first-order valence-electron chi connectivity index (χ1n) is 6.89. The van der Waals surface area contributed by atoms with Crippen molar-refractivity contribution in [2.45, 2.75) is 13.3 Å². The molecule has 0 unspecified atom stereocenters. The minimum atomic E-state index is -0.941. The fraction of sp³-hybridized carbons (Fsp3) is 0.118. The van der Waals surface area contributed by atoms with Gasteiger partial charge in [-0.15, -0.1) is 0 Å². The molecule has 0 bridgehead atoms. The third-order valence-corrected chi connectivity index (χ3v) is 3.66. The molecule has 5 N–H and O–H groups in total. The number of nitrogens with two attached hydrogens (primary N) is 1. The van der Waals surface area contributed by atoms with E-state index in [-0.39, 0.29) is 11.4 Å². The smallest absolute Gasteiger partial charge is 0.335 e. The van der Waals surface area contributed by atoms with Gasteiger partial charge in [-0.1, -0.05) is 12.1 Å². The van der Waals surface area contributed by atoms with E-state index in [0.717, 1.165) is 27.7 Å². The van der Waals surface area contributed by atoms with E-state index in [1.807, 2.05) is 6.92 Å². The first-order chi connectivity index (χ1) is 11.0. The molecule has 3 rings (SSSR count). The molecule has 0 spiro atoms. The Morgan fingerprint density at radius 2 is 1.83 bits per heavy atom. The molecule has 3 aromatic rings. The quantitative estimate of drug-likeness (QED) is 0.557. The third-order valence-electron chi connectivity index (χ3n) is 3.66. The number of carboxylic acid groups (broad SMARTS) is 1. The third kappa shape index (κ3) is 3.56. The Labute approximate surface area is 132 Å². The molecule has 1 heterocycles. The topological polar surface area (TPSA) is 99.3 Å². The second-order valence-corrected chi connectivity index (χ2v) is 5.10. The number of hydrogen-bond donors (Lipinski definition) is 4. The number of benzene rings is 2. The molecule has 0 radical (unpaired) electrons. The van der Waals surface area contributed by atoms with Crippen molar-refractivity contribution in [2.75, 3.05) is 0 Å². The number of hydrogen-bond acceptors (Lipinski definition) is 3. The van der Waals surface area contributed by atoms with Crippen molar-refractivity contribution in [3.8, 4) is 0 Å². The highest BCUT2D eigenvalue weighted by Gasteiger charge is 2.12. The van der Waals surface area contributed by atoms with Crippen LogP contribution >= 0.6 is 0 Å². The van der Waals surface area contributed by atoms with Gasteiger partial charge in [0.25, 0.3) is 0 Å². The minimum Gasteiger partial charge on any atom is -0.478 e. The van der Waals surface area contributed by atoms with Gasteiger partial charge in [0.05, 0.1) is 5.56 Å². The van der Waals surface area contributed by atoms with Gasteiger partial charge in [-0.25, -0.2) is 15.1 Å². The summed E-state index contributed by atoms with van der Waals surface area (Å²) in [6.07, 6.45) is 0.634. The molecular weight excluding hydrogens is 299 g/mol. The molecule has 120 valence electrons. The summed E-state index contributed by atoms with van der Waals surface area (Å²) < 4.78 is 13.0. The van der Waals surface area contributed by atoms with Gasteiger partial charge in [0.2, 0.25) is 0 Å². The lowest BCUT2D eigenvalue weighted by molar-refractivity contribution is 0.0697. The molecule has 23 heavy (non-hydrogen) atoms. The first-order valence-corrected chi connectivity index (χ1v) is 6.89. The Balaban J connectivity index is 0.000000924. The monoisotopic (exact) mass is 316 g/mol. The van der Waals surface area contributed by atoms with Gasteiger partial charge in [-0.05, 0) is 54.8 Å². The van der Waals surface area contributed by atoms with Crippen LogP contribution in [0.25, 0.3) is 10.9 Å². The van der Waals surface area contributed by atoms with Gasteiger partial charge in [-0.2, -0.15) is 0 Å². The van der Waals surface area contributed by atoms with Crippen LogP contribution in [0.15, 0.2) is 42.5 Å². The summed E-state index contributed by atoms with van der Waals surface area (Å²) in [6, 6.07) is 11.4. The lowest BCUT2D eigenvalue weighted by Gasteiger charge is -2.03. The number of aromatic amines is 1. The van der Waals surface area contributed by atoms with Crippen LogP contribution in [0.4, 0.5) is 4.39 Å². The van der Waals surface area contributed by atoms with Crippen LogP contribution in [-0.4, -0.2) is 21.3 Å². The van der Waals surface area contributed by atoms with E-state index in [0.29, 0.717) is 6.42 Å². The Hall–Kier alpha value is -2.70. The van der Waals surface area contributed by atoms with Crippen LogP contribution in [0, 0.1) is 12.7 Å². The number of nitrogens with one attached hydrogen (secondary N) is 1. The van der Waals surface area contributed by atoms with Gasteiger partial charge >= 0.3 is 5.97 Å². The lowest BCUT2D eigenvalue weighted by Crippen LogP contribution is -1.95. The van der Waals surface area contributed by atoms with Gasteiger partial charge in [0.1, 0.15) is 5.82 Å². The van der Waals surface area contributed by atoms with Gasteiger partial charge < -0.3 is 15.3 Å². The Morgan fingerprint density at radius 3 is 2.43 bits per heavy atom. The van der Waals surface area contributed by atoms with E-state index in [2.05, 4.69) is 10.9 Å². The standard InChI is InChI=1S/C17H14FNO2.H3NO/c1-10-14(8-11-2-5-13(18)6-3-11)15-9-12(17(20)21)4-7-16(15)19-10;1-2/h2-7,9,19H,8H2,1H3,(H,20,21);2H,1H2. The van der Waals surface area contributed by atoms with Crippen LogP contribution in [-0.2, 0) is 6.42 Å². The summed E-state index contributed by atoms with van der Waals surface area (Å²) in [5.41, 5.74) is 4.20. The number of carboxylic acids is 1. The maximum absolute atomic E-state index is 13.0. The van der Waals surface area contributed by atoms with Gasteiger partial charge in [0.15, 0.2) is 0 Å². The fourth-order valence-corrected chi connectivity index (χ4v) is 2.55. The van der Waals surface area contributed by atoms with E-state index in [4.69, 9.17) is 10.3 Å². The molecule has 0 aliphatic heterocycles. The molecule has 0 amide bonds. The van der Waals surface area contributed by atoms with Crippen molar-refractivity contribution >= 4 is 16.9 Å². The Kier molecular flexibility index (Phi) is 5.10. The van der Waals surface area contributed by atoms with Crippen molar-refractivity contribution in [2.24, 2.45) is 5.90 Å². The summed E-state index contributed by atoms with van der Waals surface area (Å²) in [6.45, 7) is 1.96. The van der Waals surface area contributed by atoms with E-state index in [9.17, 15) is 9.18 Å². The molecule has 1 aromatic heterocycles. The normalized spacial score (nSPS) is 10.3. The summed E-state index contributed by atoms with van der Waals surface area (Å²) in [7, 11) is 0. The molecule has 0 saturated heterocycles. The predicted molar refractivity (Wildman–Crippen MR) is 85.2 cm³/mol. The largest absolute Gasteiger partial charge is 0.478 e. The maximum Gasteiger partial charge on any atom is 0.335 e. The molecule has 2 aromatic carbocycles. The SMILES string of the molecule is Cc1[nH]c2ccc(C(=O)O)cc2c1Cc1ccc(F)cc1.NO. The van der Waals surface area contributed by atoms with Gasteiger partial charge in [0, 0.05) is 16.6 Å². The van der Waals surface area contributed by atoms with E-state index < -0.39 is 5.97 Å². The van der Waals surface area contributed by atoms with Crippen molar-refractivity contribution in [3.05, 3.63) is 70.7 Å². The predicted octanol–water partition coefficient (Wildman–Crippen LogP) is 3.24. The van der Waals surface area contributed by atoms with Crippen LogP contribution < -0.4 is 5.90 Å². The second-order valence-electron chi connectivity index (χ2n) is 5.10. The number of rotatable bonds is 3. The van der Waals surface area contributed by atoms with Crippen molar-refractivity contribution in [3.63, 3.8) is 0 Å². The highest BCUT2D eigenvalue weighted by atomic mass is 19.1. The number of aryl methyl sites for hydroxylation is 1. The summed E-state index contributed by atoms with van der Waals surface area (Å²) in [4.78, 5) is 14.4. The summed E-state index contributed by atoms with van der Waals surface area (Å²) >= 11 is 0. The molecule has 0 aliphatic rings. The molecule has 0 atom stereocenters.